The van der Waals surface area contributed by atoms with E-state index in [0.717, 1.165) is 12.1 Å². The highest BCUT2D eigenvalue weighted by Gasteiger charge is 2.09. The van der Waals surface area contributed by atoms with Gasteiger partial charge in [0.05, 0.1) is 5.69 Å². The molecule has 0 saturated heterocycles. The van der Waals surface area contributed by atoms with Crippen LogP contribution < -0.4 is 5.73 Å². The summed E-state index contributed by atoms with van der Waals surface area (Å²) < 4.78 is 1.82. The predicted molar refractivity (Wildman–Crippen MR) is 110 cm³/mol. The highest BCUT2D eigenvalue weighted by atomic mass is 32.2. The van der Waals surface area contributed by atoms with Crippen LogP contribution in [0.15, 0.2) is 21.8 Å². The lowest BCUT2D eigenvalue weighted by Crippen LogP contribution is -2.01. The Morgan fingerprint density at radius 2 is 1.96 bits per heavy atom. The normalized spacial score (nSPS) is 12.1. The molecule has 0 radical (unpaired) electrons. The Morgan fingerprint density at radius 1 is 1.33 bits per heavy atom. The van der Waals surface area contributed by atoms with Crippen LogP contribution in [-0.4, -0.2) is 22.3 Å². The van der Waals surface area contributed by atoms with Gasteiger partial charge in [-0.05, 0) is 42.7 Å². The summed E-state index contributed by atoms with van der Waals surface area (Å²) in [6, 6.07) is 0. The molecule has 0 saturated carbocycles. The van der Waals surface area contributed by atoms with E-state index in [4.69, 9.17) is 5.73 Å². The Balaban J connectivity index is 0.000000446. The zero-order valence-corrected chi connectivity index (χ0v) is 17.4. The molecular formula is C19H36N4S. The van der Waals surface area contributed by atoms with Crippen LogP contribution in [0.4, 0.5) is 0 Å². The van der Waals surface area contributed by atoms with E-state index in [-0.39, 0.29) is 0 Å². The minimum atomic E-state index is 0.516. The van der Waals surface area contributed by atoms with Gasteiger partial charge in [-0.1, -0.05) is 41.5 Å². The number of nitrogens with two attached hydrogens (primary N) is 1. The molecule has 1 heterocycles. The van der Waals surface area contributed by atoms with Crippen molar-refractivity contribution in [1.29, 1.82) is 0 Å². The summed E-state index contributed by atoms with van der Waals surface area (Å²) in [6.45, 7) is 17.2. The van der Waals surface area contributed by atoms with Crippen LogP contribution in [0, 0.1) is 5.92 Å². The molecule has 0 bridgehead atoms. The van der Waals surface area contributed by atoms with E-state index >= 15 is 0 Å². The molecular weight excluding hydrogens is 316 g/mol. The van der Waals surface area contributed by atoms with Crippen LogP contribution in [0.3, 0.4) is 0 Å². The van der Waals surface area contributed by atoms with E-state index in [1.807, 2.05) is 29.7 Å². The average Bonchev–Trinajstić information content (AvgIpc) is 2.93. The van der Waals surface area contributed by atoms with Crippen molar-refractivity contribution in [3.63, 3.8) is 0 Å². The summed E-state index contributed by atoms with van der Waals surface area (Å²) in [7, 11) is 1.92. The molecule has 0 amide bonds. The largest absolute Gasteiger partial charge is 0.325 e. The molecule has 0 fully saturated rings. The summed E-state index contributed by atoms with van der Waals surface area (Å²) in [5.74, 6) is 2.28. The molecule has 1 aromatic rings. The minimum Gasteiger partial charge on any atom is -0.325 e. The first-order chi connectivity index (χ1) is 11.3. The lowest BCUT2D eigenvalue weighted by molar-refractivity contribution is 0.742. The number of nitrogens with zero attached hydrogens (tertiary/aromatic N) is 3. The van der Waals surface area contributed by atoms with Crippen molar-refractivity contribution in [3.8, 4) is 0 Å². The number of aliphatic imine (C=N–C) groups is 1. The standard InChI is InChI=1S/C11H21NS.C8H15N3/c1-6-8-13-11(9(3)4)10(7-2)12-5;1-6(2)7-5-11(3)10-8(7)4-9/h9H,5-8H2,1-4H3;5-6H,4,9H2,1-3H3/b11-10-;. The van der Waals surface area contributed by atoms with Gasteiger partial charge in [-0.15, -0.1) is 11.8 Å². The second-order valence-electron chi connectivity index (χ2n) is 6.39. The molecule has 4 nitrogen and oxygen atoms in total. The topological polar surface area (TPSA) is 56.2 Å². The molecule has 0 aliphatic rings. The van der Waals surface area contributed by atoms with E-state index < -0.39 is 0 Å². The first kappa shape index (κ1) is 22.9. The third-order valence-electron chi connectivity index (χ3n) is 3.55. The van der Waals surface area contributed by atoms with E-state index in [2.05, 4.69) is 58.4 Å². The fourth-order valence-corrected chi connectivity index (χ4v) is 3.49. The van der Waals surface area contributed by atoms with Gasteiger partial charge in [-0.3, -0.25) is 9.67 Å². The Bertz CT molecular complexity index is 515. The van der Waals surface area contributed by atoms with Gasteiger partial charge in [-0.2, -0.15) is 5.10 Å². The van der Waals surface area contributed by atoms with Crippen molar-refractivity contribution in [2.45, 2.75) is 66.8 Å². The first-order valence-corrected chi connectivity index (χ1v) is 9.85. The quantitative estimate of drug-likeness (QED) is 0.661. The van der Waals surface area contributed by atoms with Crippen LogP contribution >= 0.6 is 11.8 Å². The predicted octanol–water partition coefficient (Wildman–Crippen LogP) is 5.11. The second-order valence-corrected chi connectivity index (χ2v) is 7.53. The highest BCUT2D eigenvalue weighted by Crippen LogP contribution is 2.29. The summed E-state index contributed by atoms with van der Waals surface area (Å²) >= 11 is 1.93. The van der Waals surface area contributed by atoms with Gasteiger partial charge in [-0.25, -0.2) is 0 Å². The molecule has 0 unspecified atom stereocenters. The fourth-order valence-electron chi connectivity index (χ4n) is 2.35. The molecule has 5 heteroatoms. The summed E-state index contributed by atoms with van der Waals surface area (Å²) in [6.07, 6.45) is 4.25. The van der Waals surface area contributed by atoms with Crippen molar-refractivity contribution in [2.24, 2.45) is 23.7 Å². The lowest BCUT2D eigenvalue weighted by atomic mass is 10.0. The number of aromatic nitrogens is 2. The summed E-state index contributed by atoms with van der Waals surface area (Å²) in [4.78, 5) is 5.51. The van der Waals surface area contributed by atoms with Crippen molar-refractivity contribution in [1.82, 2.24) is 9.78 Å². The molecule has 2 N–H and O–H groups in total. The maximum absolute atomic E-state index is 5.53. The summed E-state index contributed by atoms with van der Waals surface area (Å²) in [5.41, 5.74) is 8.98. The van der Waals surface area contributed by atoms with Crippen LogP contribution in [0.2, 0.25) is 0 Å². The molecule has 0 spiro atoms. The third kappa shape index (κ3) is 7.67. The van der Waals surface area contributed by atoms with Gasteiger partial charge >= 0.3 is 0 Å². The molecule has 0 aromatic carbocycles. The van der Waals surface area contributed by atoms with Crippen molar-refractivity contribution >= 4 is 18.5 Å². The van der Waals surface area contributed by atoms with Gasteiger partial charge in [0.2, 0.25) is 0 Å². The van der Waals surface area contributed by atoms with Crippen LogP contribution in [0.25, 0.3) is 0 Å². The SMILES string of the molecule is C=N/C(CC)=C(\SCCC)C(C)C.CC(C)c1cn(C)nc1CN. The number of thioether (sulfide) groups is 1. The zero-order chi connectivity index (χ0) is 18.7. The monoisotopic (exact) mass is 352 g/mol. The van der Waals surface area contributed by atoms with Crippen molar-refractivity contribution < 1.29 is 0 Å². The second kappa shape index (κ2) is 12.3. The maximum Gasteiger partial charge on any atom is 0.0794 e. The van der Waals surface area contributed by atoms with Gasteiger partial charge in [0.25, 0.3) is 0 Å². The number of hydrogen-bond donors (Lipinski definition) is 1. The van der Waals surface area contributed by atoms with Crippen molar-refractivity contribution in [3.05, 3.63) is 28.1 Å². The Hall–Kier alpha value is -1.07. The maximum atomic E-state index is 5.53. The molecule has 1 aromatic heterocycles. The van der Waals surface area contributed by atoms with E-state index in [1.54, 1.807) is 0 Å². The molecule has 138 valence electrons. The molecule has 0 aliphatic carbocycles. The van der Waals surface area contributed by atoms with Gasteiger partial charge in [0.15, 0.2) is 0 Å². The smallest absolute Gasteiger partial charge is 0.0794 e. The van der Waals surface area contributed by atoms with Crippen LogP contribution in [0.5, 0.6) is 0 Å². The number of aryl methyl sites for hydroxylation is 1. The third-order valence-corrected chi connectivity index (χ3v) is 5.18. The van der Waals surface area contributed by atoms with Gasteiger partial charge < -0.3 is 5.73 Å². The summed E-state index contributed by atoms with van der Waals surface area (Å²) in [5, 5.41) is 4.24. The number of hydrogen-bond acceptors (Lipinski definition) is 4. The van der Waals surface area contributed by atoms with Crippen LogP contribution in [0.1, 0.15) is 71.6 Å². The zero-order valence-electron chi connectivity index (χ0n) is 16.6. The molecule has 0 atom stereocenters. The van der Waals surface area contributed by atoms with E-state index in [0.29, 0.717) is 18.4 Å². The van der Waals surface area contributed by atoms with Gasteiger partial charge in [0.1, 0.15) is 0 Å². The van der Waals surface area contributed by atoms with Gasteiger partial charge in [0, 0.05) is 30.4 Å². The number of allylic oxidation sites excluding steroid dienone is 2. The molecule has 24 heavy (non-hydrogen) atoms. The fraction of sp³-hybridized carbons (Fsp3) is 0.684. The van der Waals surface area contributed by atoms with Crippen LogP contribution in [-0.2, 0) is 13.6 Å². The minimum absolute atomic E-state index is 0.516. The van der Waals surface area contributed by atoms with Crippen molar-refractivity contribution in [2.75, 3.05) is 5.75 Å². The Morgan fingerprint density at radius 3 is 2.29 bits per heavy atom. The lowest BCUT2D eigenvalue weighted by Gasteiger charge is -2.13. The molecule has 1 rings (SSSR count). The Kier molecular flexibility index (Phi) is 11.8. The Labute approximate surface area is 153 Å². The average molecular weight is 353 g/mol. The first-order valence-electron chi connectivity index (χ1n) is 8.87. The number of rotatable bonds is 8. The highest BCUT2D eigenvalue weighted by molar-refractivity contribution is 8.03. The van der Waals surface area contributed by atoms with E-state index in [9.17, 15) is 0 Å². The van der Waals surface area contributed by atoms with E-state index in [1.165, 1.54) is 28.3 Å². The molecule has 0 aliphatic heterocycles.